The molecule has 0 spiro atoms. The van der Waals surface area contributed by atoms with Crippen molar-refractivity contribution in [1.82, 2.24) is 5.32 Å². The Morgan fingerprint density at radius 1 is 1.39 bits per heavy atom. The second kappa shape index (κ2) is 8.51. The molecule has 1 aromatic rings. The number of aliphatic hydroxyl groups excluding tert-OH is 1. The van der Waals surface area contributed by atoms with Gasteiger partial charge in [-0.2, -0.15) is 0 Å². The third kappa shape index (κ3) is 4.96. The number of nitrogens with one attached hydrogen (secondary N) is 1. The molecule has 1 aromatic carbocycles. The van der Waals surface area contributed by atoms with Crippen molar-refractivity contribution in [2.75, 3.05) is 13.2 Å². The van der Waals surface area contributed by atoms with Crippen LogP contribution in [-0.4, -0.2) is 24.4 Å². The van der Waals surface area contributed by atoms with E-state index in [0.29, 0.717) is 6.54 Å². The third-order valence-electron chi connectivity index (χ3n) is 2.78. The van der Waals surface area contributed by atoms with Crippen LogP contribution in [0.5, 0.6) is 5.75 Å². The van der Waals surface area contributed by atoms with Crippen molar-refractivity contribution in [3.05, 3.63) is 28.2 Å². The smallest absolute Gasteiger partial charge is 0.123 e. The molecule has 0 aliphatic rings. The van der Waals surface area contributed by atoms with Gasteiger partial charge >= 0.3 is 0 Å². The molecule has 102 valence electrons. The van der Waals surface area contributed by atoms with Gasteiger partial charge in [0.1, 0.15) is 5.75 Å². The molecular weight excluding hydrogens is 294 g/mol. The monoisotopic (exact) mass is 315 g/mol. The Kier molecular flexibility index (Phi) is 7.32. The first-order valence-corrected chi connectivity index (χ1v) is 7.26. The van der Waals surface area contributed by atoms with Crippen LogP contribution in [0.4, 0.5) is 0 Å². The van der Waals surface area contributed by atoms with Gasteiger partial charge in [0, 0.05) is 22.6 Å². The van der Waals surface area contributed by atoms with Gasteiger partial charge in [-0.15, -0.1) is 0 Å². The minimum absolute atomic E-state index is 0.142. The van der Waals surface area contributed by atoms with E-state index in [1.54, 1.807) is 0 Å². The van der Waals surface area contributed by atoms with Crippen LogP contribution in [0.2, 0.25) is 0 Å². The Hall–Kier alpha value is -0.580. The van der Waals surface area contributed by atoms with Crippen LogP contribution in [0.1, 0.15) is 32.3 Å². The summed E-state index contributed by atoms with van der Waals surface area (Å²) >= 11 is 3.47. The summed E-state index contributed by atoms with van der Waals surface area (Å²) in [5.74, 6) is 0.917. The van der Waals surface area contributed by atoms with Gasteiger partial charge in [0.2, 0.25) is 0 Å². The van der Waals surface area contributed by atoms with Gasteiger partial charge in [-0.1, -0.05) is 29.8 Å². The normalized spacial score (nSPS) is 12.4. The van der Waals surface area contributed by atoms with Crippen LogP contribution < -0.4 is 10.1 Å². The van der Waals surface area contributed by atoms with Crippen molar-refractivity contribution in [2.24, 2.45) is 0 Å². The first-order valence-electron chi connectivity index (χ1n) is 6.46. The molecule has 1 atom stereocenters. The zero-order chi connectivity index (χ0) is 13.4. The minimum atomic E-state index is 0.142. The van der Waals surface area contributed by atoms with Crippen LogP contribution in [0.15, 0.2) is 22.7 Å². The maximum atomic E-state index is 9.17. The van der Waals surface area contributed by atoms with Crippen molar-refractivity contribution in [1.29, 1.82) is 0 Å². The van der Waals surface area contributed by atoms with E-state index in [1.165, 1.54) is 0 Å². The van der Waals surface area contributed by atoms with Gasteiger partial charge in [-0.3, -0.25) is 0 Å². The molecule has 18 heavy (non-hydrogen) atoms. The van der Waals surface area contributed by atoms with E-state index in [4.69, 9.17) is 9.84 Å². The van der Waals surface area contributed by atoms with Crippen LogP contribution in [0.3, 0.4) is 0 Å². The highest BCUT2D eigenvalue weighted by atomic mass is 79.9. The molecule has 2 N–H and O–H groups in total. The maximum Gasteiger partial charge on any atom is 0.123 e. The van der Waals surface area contributed by atoms with E-state index in [2.05, 4.69) is 41.2 Å². The fourth-order valence-corrected chi connectivity index (χ4v) is 2.04. The Labute approximate surface area is 118 Å². The van der Waals surface area contributed by atoms with Crippen LogP contribution in [-0.2, 0) is 6.54 Å². The average molecular weight is 316 g/mol. The van der Waals surface area contributed by atoms with Gasteiger partial charge in [0.25, 0.3) is 0 Å². The zero-order valence-electron chi connectivity index (χ0n) is 11.1. The van der Waals surface area contributed by atoms with E-state index >= 15 is 0 Å². The van der Waals surface area contributed by atoms with Crippen molar-refractivity contribution in [3.63, 3.8) is 0 Å². The summed E-state index contributed by atoms with van der Waals surface area (Å²) in [6.07, 6.45) is 1.91. The summed E-state index contributed by atoms with van der Waals surface area (Å²) in [7, 11) is 0. The molecular formula is C14H22BrNO2. The highest BCUT2D eigenvalue weighted by Crippen LogP contribution is 2.23. The molecule has 3 nitrogen and oxygen atoms in total. The summed E-state index contributed by atoms with van der Waals surface area (Å²) in [6, 6.07) is 6.17. The molecule has 0 aliphatic heterocycles. The van der Waals surface area contributed by atoms with Crippen LogP contribution in [0, 0.1) is 0 Å². The third-order valence-corrected chi connectivity index (χ3v) is 3.27. The van der Waals surface area contributed by atoms with Crippen molar-refractivity contribution in [3.8, 4) is 5.75 Å². The van der Waals surface area contributed by atoms with Crippen molar-refractivity contribution in [2.45, 2.75) is 39.3 Å². The molecule has 0 fully saturated rings. The number of aliphatic hydroxyl groups is 1. The Morgan fingerprint density at radius 2 is 2.17 bits per heavy atom. The Bertz CT molecular complexity index is 354. The molecule has 0 amide bonds. The number of ether oxygens (including phenoxy) is 1. The minimum Gasteiger partial charge on any atom is -0.493 e. The lowest BCUT2D eigenvalue weighted by Crippen LogP contribution is -2.31. The number of benzene rings is 1. The largest absolute Gasteiger partial charge is 0.493 e. The van der Waals surface area contributed by atoms with Gasteiger partial charge in [-0.25, -0.2) is 0 Å². The van der Waals surface area contributed by atoms with E-state index < -0.39 is 0 Å². The van der Waals surface area contributed by atoms with Gasteiger partial charge in [0.15, 0.2) is 0 Å². The molecule has 0 aromatic heterocycles. The van der Waals surface area contributed by atoms with Crippen molar-refractivity contribution < 1.29 is 9.84 Å². The first kappa shape index (κ1) is 15.5. The summed E-state index contributed by atoms with van der Waals surface area (Å²) in [5, 5.41) is 12.5. The van der Waals surface area contributed by atoms with E-state index in [1.807, 2.05) is 12.1 Å². The van der Waals surface area contributed by atoms with Crippen LogP contribution in [0.25, 0.3) is 0 Å². The predicted molar refractivity (Wildman–Crippen MR) is 77.9 cm³/mol. The summed E-state index contributed by atoms with van der Waals surface area (Å²) < 4.78 is 6.76. The summed E-state index contributed by atoms with van der Waals surface area (Å²) in [6.45, 7) is 5.75. The van der Waals surface area contributed by atoms with Crippen molar-refractivity contribution >= 4 is 15.9 Å². The average Bonchev–Trinajstić information content (AvgIpc) is 2.39. The van der Waals surface area contributed by atoms with E-state index in [9.17, 15) is 0 Å². The molecule has 0 radical (unpaired) electrons. The zero-order valence-corrected chi connectivity index (χ0v) is 12.7. The number of hydrogen-bond donors (Lipinski definition) is 2. The Balaban J connectivity index is 2.68. The standard InChI is InChI=1S/C14H22BrNO2/c1-3-7-18-14-6-5-12(15)8-11(14)9-16-13(4-2)10-17/h5-6,8,13,16-17H,3-4,7,9-10H2,1-2H3. The SMILES string of the molecule is CCCOc1ccc(Br)cc1CNC(CC)CO. The highest BCUT2D eigenvalue weighted by Gasteiger charge is 2.08. The summed E-state index contributed by atoms with van der Waals surface area (Å²) in [5.41, 5.74) is 1.12. The molecule has 0 saturated carbocycles. The lowest BCUT2D eigenvalue weighted by Gasteiger charge is -2.16. The second-order valence-electron chi connectivity index (χ2n) is 4.27. The number of rotatable bonds is 8. The topological polar surface area (TPSA) is 41.5 Å². The van der Waals surface area contributed by atoms with E-state index in [-0.39, 0.29) is 12.6 Å². The first-order chi connectivity index (χ1) is 8.71. The van der Waals surface area contributed by atoms with Gasteiger partial charge < -0.3 is 15.2 Å². The lowest BCUT2D eigenvalue weighted by atomic mass is 10.1. The molecule has 0 saturated heterocycles. The number of halogens is 1. The lowest BCUT2D eigenvalue weighted by molar-refractivity contribution is 0.237. The fraction of sp³-hybridized carbons (Fsp3) is 0.571. The molecule has 4 heteroatoms. The quantitative estimate of drug-likeness (QED) is 0.774. The molecule has 0 aliphatic carbocycles. The van der Waals surface area contributed by atoms with Crippen LogP contribution >= 0.6 is 15.9 Å². The van der Waals surface area contributed by atoms with E-state index in [0.717, 1.165) is 35.2 Å². The number of hydrogen-bond acceptors (Lipinski definition) is 3. The predicted octanol–water partition coefficient (Wildman–Crippen LogP) is 3.10. The Morgan fingerprint density at radius 3 is 2.78 bits per heavy atom. The summed E-state index contributed by atoms with van der Waals surface area (Å²) in [4.78, 5) is 0. The molecule has 1 unspecified atom stereocenters. The molecule has 0 bridgehead atoms. The molecule has 0 heterocycles. The van der Waals surface area contributed by atoms with Gasteiger partial charge in [-0.05, 0) is 31.0 Å². The molecule has 1 rings (SSSR count). The maximum absolute atomic E-state index is 9.17. The second-order valence-corrected chi connectivity index (χ2v) is 5.18. The highest BCUT2D eigenvalue weighted by molar-refractivity contribution is 9.10. The fourth-order valence-electron chi connectivity index (χ4n) is 1.63. The van der Waals surface area contributed by atoms with Gasteiger partial charge in [0.05, 0.1) is 13.2 Å².